The van der Waals surface area contributed by atoms with Crippen molar-refractivity contribution >= 4 is 11.9 Å². The van der Waals surface area contributed by atoms with E-state index in [4.69, 9.17) is 4.74 Å². The van der Waals surface area contributed by atoms with Gasteiger partial charge in [0.1, 0.15) is 0 Å². The van der Waals surface area contributed by atoms with Crippen molar-refractivity contribution in [1.29, 1.82) is 0 Å². The number of esters is 1. The summed E-state index contributed by atoms with van der Waals surface area (Å²) in [5.74, 6) is 0.985. The van der Waals surface area contributed by atoms with Crippen LogP contribution in [0.1, 0.15) is 39.5 Å². The molecule has 0 saturated heterocycles. The number of unbranched alkanes of at least 4 members (excludes halogenated alkanes) is 2. The molecule has 6 nitrogen and oxygen atoms in total. The summed E-state index contributed by atoms with van der Waals surface area (Å²) in [4.78, 5) is 19.3. The lowest BCUT2D eigenvalue weighted by Crippen LogP contribution is -2.10. The second-order valence-electron chi connectivity index (χ2n) is 4.70. The Labute approximate surface area is 119 Å². The highest BCUT2D eigenvalue weighted by atomic mass is 16.5. The Morgan fingerprint density at radius 1 is 1.35 bits per heavy atom. The second kappa shape index (κ2) is 9.12. The fraction of sp³-hybridized carbons (Fsp3) is 0.643. The van der Waals surface area contributed by atoms with Crippen molar-refractivity contribution in [1.82, 2.24) is 9.97 Å². The molecule has 20 heavy (non-hydrogen) atoms. The molecule has 0 aliphatic rings. The molecule has 0 aliphatic heterocycles. The third-order valence-corrected chi connectivity index (χ3v) is 2.55. The molecule has 112 valence electrons. The molecule has 1 aromatic rings. The molecule has 0 aromatic carbocycles. The van der Waals surface area contributed by atoms with Crippen molar-refractivity contribution in [3.63, 3.8) is 0 Å². The lowest BCUT2D eigenvalue weighted by molar-refractivity contribution is -0.140. The zero-order chi connectivity index (χ0) is 14.8. The van der Waals surface area contributed by atoms with E-state index < -0.39 is 0 Å². The van der Waals surface area contributed by atoms with E-state index in [2.05, 4.69) is 20.0 Å². The molecule has 0 radical (unpaired) electrons. The van der Waals surface area contributed by atoms with Crippen LogP contribution in [0.15, 0.2) is 12.3 Å². The largest absolute Gasteiger partial charge is 0.475 e. The number of ether oxygens (including phenoxy) is 2. The topological polar surface area (TPSA) is 73.3 Å². The molecule has 0 aliphatic carbocycles. The lowest BCUT2D eigenvalue weighted by Gasteiger charge is -2.10. The molecule has 1 aromatic heterocycles. The standard InChI is InChI=1S/C14H23N3O3/c1-11(2)20-12-8-10-16-14(17-12)15-9-6-4-5-7-13(18)19-3/h8,10-11H,4-7,9H2,1-3H3,(H,15,16,17). The Kier molecular flexibility index (Phi) is 7.39. The van der Waals surface area contributed by atoms with Gasteiger partial charge in [-0.25, -0.2) is 4.98 Å². The van der Waals surface area contributed by atoms with E-state index in [1.54, 1.807) is 12.3 Å². The minimum absolute atomic E-state index is 0.0936. The van der Waals surface area contributed by atoms with Crippen molar-refractivity contribution < 1.29 is 14.3 Å². The van der Waals surface area contributed by atoms with Gasteiger partial charge in [0.25, 0.3) is 0 Å². The van der Waals surface area contributed by atoms with E-state index in [1.807, 2.05) is 13.8 Å². The molecule has 0 fully saturated rings. The van der Waals surface area contributed by atoms with Crippen molar-refractivity contribution in [2.75, 3.05) is 19.0 Å². The first kappa shape index (κ1) is 16.2. The SMILES string of the molecule is COC(=O)CCCCCNc1nccc(OC(C)C)n1. The van der Waals surface area contributed by atoms with Crippen LogP contribution in [0.4, 0.5) is 5.95 Å². The van der Waals surface area contributed by atoms with E-state index in [-0.39, 0.29) is 12.1 Å². The van der Waals surface area contributed by atoms with Crippen LogP contribution in [0, 0.1) is 0 Å². The van der Waals surface area contributed by atoms with Gasteiger partial charge < -0.3 is 14.8 Å². The van der Waals surface area contributed by atoms with Crippen LogP contribution in [0.3, 0.4) is 0 Å². The molecule has 0 spiro atoms. The van der Waals surface area contributed by atoms with Gasteiger partial charge in [-0.1, -0.05) is 6.42 Å². The monoisotopic (exact) mass is 281 g/mol. The Morgan fingerprint density at radius 3 is 2.85 bits per heavy atom. The zero-order valence-corrected chi connectivity index (χ0v) is 12.4. The number of rotatable bonds is 9. The summed E-state index contributed by atoms with van der Waals surface area (Å²) in [6, 6.07) is 1.74. The molecule has 0 amide bonds. The maximum absolute atomic E-state index is 10.9. The number of nitrogens with one attached hydrogen (secondary N) is 1. The van der Waals surface area contributed by atoms with Crippen LogP contribution >= 0.6 is 0 Å². The maximum atomic E-state index is 10.9. The molecule has 1 rings (SSSR count). The predicted molar refractivity (Wildman–Crippen MR) is 76.8 cm³/mol. The molecule has 0 bridgehead atoms. The van der Waals surface area contributed by atoms with Crippen LogP contribution in [-0.2, 0) is 9.53 Å². The Hall–Kier alpha value is -1.85. The number of carbonyl (C=O) groups is 1. The molecule has 0 saturated carbocycles. The van der Waals surface area contributed by atoms with Crippen molar-refractivity contribution in [3.05, 3.63) is 12.3 Å². The number of carbonyl (C=O) groups excluding carboxylic acids is 1. The number of anilines is 1. The summed E-state index contributed by atoms with van der Waals surface area (Å²) in [6.45, 7) is 4.68. The van der Waals surface area contributed by atoms with Crippen molar-refractivity contribution in [2.45, 2.75) is 45.6 Å². The van der Waals surface area contributed by atoms with Crippen molar-refractivity contribution in [3.8, 4) is 5.88 Å². The first-order chi connectivity index (χ1) is 9.61. The highest BCUT2D eigenvalue weighted by Gasteiger charge is 2.02. The molecule has 1 heterocycles. The van der Waals surface area contributed by atoms with Crippen LogP contribution in [0.25, 0.3) is 0 Å². The van der Waals surface area contributed by atoms with Gasteiger partial charge in [0.15, 0.2) is 0 Å². The number of hydrogen-bond donors (Lipinski definition) is 1. The Morgan fingerprint density at radius 2 is 2.15 bits per heavy atom. The van der Waals surface area contributed by atoms with Gasteiger partial charge in [-0.2, -0.15) is 4.98 Å². The lowest BCUT2D eigenvalue weighted by atomic mass is 10.2. The van der Waals surface area contributed by atoms with Crippen LogP contribution < -0.4 is 10.1 Å². The summed E-state index contributed by atoms with van der Waals surface area (Å²) >= 11 is 0. The summed E-state index contributed by atoms with van der Waals surface area (Å²) in [7, 11) is 1.41. The van der Waals surface area contributed by atoms with Gasteiger partial charge in [0.2, 0.25) is 11.8 Å². The van der Waals surface area contributed by atoms with Gasteiger partial charge >= 0.3 is 5.97 Å². The molecule has 6 heteroatoms. The normalized spacial score (nSPS) is 10.4. The smallest absolute Gasteiger partial charge is 0.305 e. The fourth-order valence-corrected chi connectivity index (χ4v) is 1.61. The van der Waals surface area contributed by atoms with E-state index >= 15 is 0 Å². The number of methoxy groups -OCH3 is 1. The molecular weight excluding hydrogens is 258 g/mol. The number of aromatic nitrogens is 2. The molecular formula is C14H23N3O3. The summed E-state index contributed by atoms with van der Waals surface area (Å²) in [5.41, 5.74) is 0. The van der Waals surface area contributed by atoms with Crippen molar-refractivity contribution in [2.24, 2.45) is 0 Å². The minimum Gasteiger partial charge on any atom is -0.475 e. The predicted octanol–water partition coefficient (Wildman–Crippen LogP) is 2.41. The second-order valence-corrected chi connectivity index (χ2v) is 4.70. The highest BCUT2D eigenvalue weighted by molar-refractivity contribution is 5.68. The van der Waals surface area contributed by atoms with E-state index in [1.165, 1.54) is 7.11 Å². The first-order valence-electron chi connectivity index (χ1n) is 6.92. The Bertz CT molecular complexity index is 410. The van der Waals surface area contributed by atoms with Crippen LogP contribution in [-0.4, -0.2) is 35.7 Å². The third kappa shape index (κ3) is 6.92. The molecule has 1 N–H and O–H groups in total. The molecule has 0 atom stereocenters. The van der Waals surface area contributed by atoms with Crippen LogP contribution in [0.5, 0.6) is 5.88 Å². The maximum Gasteiger partial charge on any atom is 0.305 e. The zero-order valence-electron chi connectivity index (χ0n) is 12.4. The van der Waals surface area contributed by atoms with Crippen LogP contribution in [0.2, 0.25) is 0 Å². The first-order valence-corrected chi connectivity index (χ1v) is 6.92. The highest BCUT2D eigenvalue weighted by Crippen LogP contribution is 2.10. The van der Waals surface area contributed by atoms with Gasteiger partial charge in [-0.05, 0) is 26.7 Å². The van der Waals surface area contributed by atoms with Gasteiger partial charge in [-0.3, -0.25) is 4.79 Å². The third-order valence-electron chi connectivity index (χ3n) is 2.55. The summed E-state index contributed by atoms with van der Waals surface area (Å²) < 4.78 is 10.1. The quantitative estimate of drug-likeness (QED) is 0.553. The summed E-state index contributed by atoms with van der Waals surface area (Å²) in [5, 5.41) is 3.14. The van der Waals surface area contributed by atoms with Gasteiger partial charge in [0, 0.05) is 25.2 Å². The number of hydrogen-bond acceptors (Lipinski definition) is 6. The fourth-order valence-electron chi connectivity index (χ4n) is 1.61. The van der Waals surface area contributed by atoms with Gasteiger partial charge in [0.05, 0.1) is 13.2 Å². The van der Waals surface area contributed by atoms with E-state index in [0.29, 0.717) is 18.2 Å². The number of nitrogens with zero attached hydrogens (tertiary/aromatic N) is 2. The van der Waals surface area contributed by atoms with E-state index in [9.17, 15) is 4.79 Å². The van der Waals surface area contributed by atoms with Gasteiger partial charge in [-0.15, -0.1) is 0 Å². The minimum atomic E-state index is -0.153. The Balaban J connectivity index is 2.20. The van der Waals surface area contributed by atoms with E-state index in [0.717, 1.165) is 25.8 Å². The molecule has 0 unspecified atom stereocenters. The average Bonchev–Trinajstić information content (AvgIpc) is 2.42. The average molecular weight is 281 g/mol. The summed E-state index contributed by atoms with van der Waals surface area (Å²) in [6.07, 6.45) is 5.00.